The van der Waals surface area contributed by atoms with Gasteiger partial charge in [-0.05, 0) is 31.6 Å². The van der Waals surface area contributed by atoms with Gasteiger partial charge in [0.2, 0.25) is 0 Å². The Balaban J connectivity index is 2.64. The monoisotopic (exact) mass is 318 g/mol. The number of sulfone groups is 1. The minimum Gasteiger partial charge on any atom is -0.335 e. The average Bonchev–Trinajstić information content (AvgIpc) is 2.24. The van der Waals surface area contributed by atoms with Gasteiger partial charge in [-0.25, -0.2) is 13.2 Å². The molecule has 5 nitrogen and oxygen atoms in total. The molecule has 1 N–H and O–H groups in total. The SMILES string of the molecule is CC(C)CC(CC(C)C)NC(=O)N1CCS(=O)(=O)CC1C. The van der Waals surface area contributed by atoms with Gasteiger partial charge >= 0.3 is 6.03 Å². The predicted octanol–water partition coefficient (Wildman–Crippen LogP) is 2.28. The predicted molar refractivity (Wildman–Crippen MR) is 86.1 cm³/mol. The summed E-state index contributed by atoms with van der Waals surface area (Å²) in [5.74, 6) is 1.19. The third-order valence-corrected chi connectivity index (χ3v) is 5.57. The molecule has 1 fully saturated rings. The number of carbonyl (C=O) groups is 1. The molecule has 1 saturated heterocycles. The molecule has 6 heteroatoms. The van der Waals surface area contributed by atoms with Crippen LogP contribution in [0.1, 0.15) is 47.5 Å². The zero-order chi connectivity index (χ0) is 16.2. The lowest BCUT2D eigenvalue weighted by atomic mass is 9.96. The number of rotatable bonds is 5. The number of nitrogens with zero attached hydrogens (tertiary/aromatic N) is 1. The van der Waals surface area contributed by atoms with E-state index in [4.69, 9.17) is 0 Å². The van der Waals surface area contributed by atoms with Crippen molar-refractivity contribution < 1.29 is 13.2 Å². The van der Waals surface area contributed by atoms with E-state index in [0.29, 0.717) is 18.4 Å². The fourth-order valence-electron chi connectivity index (χ4n) is 2.91. The Bertz CT molecular complexity index is 436. The standard InChI is InChI=1S/C15H30N2O3S/c1-11(2)8-14(9-12(3)4)16-15(18)17-6-7-21(19,20)10-13(17)5/h11-14H,6-10H2,1-5H3,(H,16,18). The molecule has 0 aromatic carbocycles. The second-order valence-corrected chi connectivity index (χ2v) is 9.29. The van der Waals surface area contributed by atoms with E-state index >= 15 is 0 Å². The van der Waals surface area contributed by atoms with E-state index in [1.807, 2.05) is 0 Å². The molecule has 124 valence electrons. The first-order valence-electron chi connectivity index (χ1n) is 7.88. The van der Waals surface area contributed by atoms with Crippen molar-refractivity contribution in [3.63, 3.8) is 0 Å². The van der Waals surface area contributed by atoms with Gasteiger partial charge in [-0.1, -0.05) is 27.7 Å². The maximum absolute atomic E-state index is 12.4. The molecular formula is C15H30N2O3S. The van der Waals surface area contributed by atoms with Crippen molar-refractivity contribution in [1.29, 1.82) is 0 Å². The lowest BCUT2D eigenvalue weighted by Gasteiger charge is -2.35. The lowest BCUT2D eigenvalue weighted by Crippen LogP contribution is -2.55. The number of hydrogen-bond donors (Lipinski definition) is 1. The zero-order valence-corrected chi connectivity index (χ0v) is 14.7. The summed E-state index contributed by atoms with van der Waals surface area (Å²) in [6.07, 6.45) is 1.90. The summed E-state index contributed by atoms with van der Waals surface area (Å²) in [6, 6.07) is -0.213. The van der Waals surface area contributed by atoms with Crippen molar-refractivity contribution in [2.24, 2.45) is 11.8 Å². The van der Waals surface area contributed by atoms with Gasteiger partial charge in [0, 0.05) is 18.6 Å². The van der Waals surface area contributed by atoms with Gasteiger partial charge < -0.3 is 10.2 Å². The topological polar surface area (TPSA) is 66.5 Å². The van der Waals surface area contributed by atoms with E-state index in [0.717, 1.165) is 12.8 Å². The molecule has 0 spiro atoms. The van der Waals surface area contributed by atoms with Crippen molar-refractivity contribution in [3.8, 4) is 0 Å². The molecule has 1 aliphatic heterocycles. The molecule has 21 heavy (non-hydrogen) atoms. The summed E-state index contributed by atoms with van der Waals surface area (Å²) in [7, 11) is -2.99. The van der Waals surface area contributed by atoms with Gasteiger partial charge in [0.15, 0.2) is 9.84 Å². The minimum atomic E-state index is -2.99. The van der Waals surface area contributed by atoms with Crippen LogP contribution in [0.15, 0.2) is 0 Å². The van der Waals surface area contributed by atoms with Crippen molar-refractivity contribution in [2.75, 3.05) is 18.1 Å². The number of nitrogens with one attached hydrogen (secondary N) is 1. The second kappa shape index (κ2) is 7.47. The minimum absolute atomic E-state index is 0.0689. The molecule has 0 saturated carbocycles. The number of hydrogen-bond acceptors (Lipinski definition) is 3. The Morgan fingerprint density at radius 1 is 1.19 bits per heavy atom. The first kappa shape index (κ1) is 18.3. The van der Waals surface area contributed by atoms with Crippen LogP contribution in [0.4, 0.5) is 4.79 Å². The molecular weight excluding hydrogens is 288 g/mol. The van der Waals surface area contributed by atoms with Crippen LogP contribution >= 0.6 is 0 Å². The molecule has 0 bridgehead atoms. The first-order chi connectivity index (χ1) is 9.60. The number of carbonyl (C=O) groups excluding carboxylic acids is 1. The van der Waals surface area contributed by atoms with Crippen LogP contribution < -0.4 is 5.32 Å². The summed E-state index contributed by atoms with van der Waals surface area (Å²) < 4.78 is 23.2. The molecule has 0 radical (unpaired) electrons. The Morgan fingerprint density at radius 3 is 2.14 bits per heavy atom. The highest BCUT2D eigenvalue weighted by Gasteiger charge is 2.32. The molecule has 1 heterocycles. The maximum Gasteiger partial charge on any atom is 0.317 e. The summed E-state index contributed by atoms with van der Waals surface area (Å²) in [5.41, 5.74) is 0. The lowest BCUT2D eigenvalue weighted by molar-refractivity contribution is 0.177. The molecule has 1 atom stereocenters. The molecule has 0 aromatic rings. The molecule has 0 aromatic heterocycles. The Morgan fingerprint density at radius 2 is 1.71 bits per heavy atom. The van der Waals surface area contributed by atoms with Crippen LogP contribution in [-0.4, -0.2) is 49.5 Å². The second-order valence-electron chi connectivity index (χ2n) is 7.06. The Kier molecular flexibility index (Phi) is 6.50. The van der Waals surface area contributed by atoms with Crippen LogP contribution in [0.3, 0.4) is 0 Å². The molecule has 0 aliphatic carbocycles. The van der Waals surface area contributed by atoms with Gasteiger partial charge in [-0.15, -0.1) is 0 Å². The van der Waals surface area contributed by atoms with E-state index < -0.39 is 9.84 Å². The fraction of sp³-hybridized carbons (Fsp3) is 0.933. The van der Waals surface area contributed by atoms with Crippen molar-refractivity contribution in [2.45, 2.75) is 59.5 Å². The van der Waals surface area contributed by atoms with Crippen LogP contribution in [0.25, 0.3) is 0 Å². The normalized spacial score (nSPS) is 22.1. The third-order valence-electron chi connectivity index (χ3n) is 3.77. The third kappa shape index (κ3) is 6.24. The highest BCUT2D eigenvalue weighted by atomic mass is 32.2. The van der Waals surface area contributed by atoms with Gasteiger partial charge in [0.05, 0.1) is 11.5 Å². The summed E-state index contributed by atoms with van der Waals surface area (Å²) in [4.78, 5) is 14.1. The van der Waals surface area contributed by atoms with Crippen LogP contribution in [-0.2, 0) is 9.84 Å². The van der Waals surface area contributed by atoms with E-state index in [2.05, 4.69) is 33.0 Å². The number of urea groups is 1. The van der Waals surface area contributed by atoms with Crippen LogP contribution in [0.2, 0.25) is 0 Å². The van der Waals surface area contributed by atoms with Gasteiger partial charge in [0.1, 0.15) is 0 Å². The molecule has 2 amide bonds. The largest absolute Gasteiger partial charge is 0.335 e. The van der Waals surface area contributed by atoms with Crippen LogP contribution in [0.5, 0.6) is 0 Å². The van der Waals surface area contributed by atoms with E-state index in [1.165, 1.54) is 0 Å². The Labute approximate surface area is 129 Å². The van der Waals surface area contributed by atoms with Crippen LogP contribution in [0, 0.1) is 11.8 Å². The van der Waals surface area contributed by atoms with E-state index in [-0.39, 0.29) is 29.6 Å². The number of amides is 2. The average molecular weight is 318 g/mol. The van der Waals surface area contributed by atoms with Crippen molar-refractivity contribution in [3.05, 3.63) is 0 Å². The highest BCUT2D eigenvalue weighted by molar-refractivity contribution is 7.91. The fourth-order valence-corrected chi connectivity index (χ4v) is 4.47. The van der Waals surface area contributed by atoms with E-state index in [1.54, 1.807) is 11.8 Å². The quantitative estimate of drug-likeness (QED) is 0.845. The van der Waals surface area contributed by atoms with Crippen molar-refractivity contribution >= 4 is 15.9 Å². The molecule has 1 rings (SSSR count). The Hall–Kier alpha value is -0.780. The summed E-state index contributed by atoms with van der Waals surface area (Å²) >= 11 is 0. The summed E-state index contributed by atoms with van der Waals surface area (Å²) in [6.45, 7) is 10.7. The highest BCUT2D eigenvalue weighted by Crippen LogP contribution is 2.16. The smallest absolute Gasteiger partial charge is 0.317 e. The van der Waals surface area contributed by atoms with Gasteiger partial charge in [-0.3, -0.25) is 0 Å². The molecule has 1 unspecified atom stereocenters. The maximum atomic E-state index is 12.4. The first-order valence-corrected chi connectivity index (χ1v) is 9.70. The zero-order valence-electron chi connectivity index (χ0n) is 13.9. The molecule has 1 aliphatic rings. The van der Waals surface area contributed by atoms with Gasteiger partial charge in [0.25, 0.3) is 0 Å². The van der Waals surface area contributed by atoms with Crippen molar-refractivity contribution in [1.82, 2.24) is 10.2 Å². The van der Waals surface area contributed by atoms with E-state index in [9.17, 15) is 13.2 Å². The van der Waals surface area contributed by atoms with Gasteiger partial charge in [-0.2, -0.15) is 0 Å². The summed E-state index contributed by atoms with van der Waals surface area (Å²) in [5, 5.41) is 3.10.